The van der Waals surface area contributed by atoms with Gasteiger partial charge >= 0.3 is 0 Å². The molecule has 3 aromatic carbocycles. The number of nitrogens with one attached hydrogen (secondary N) is 1. The van der Waals surface area contributed by atoms with Crippen molar-refractivity contribution >= 4 is 17.7 Å². The summed E-state index contributed by atoms with van der Waals surface area (Å²) in [5.74, 6) is 0.662. The van der Waals surface area contributed by atoms with Crippen LogP contribution < -0.4 is 14.8 Å². The molecule has 3 rings (SSSR count). The molecule has 0 fully saturated rings. The van der Waals surface area contributed by atoms with Crippen LogP contribution in [0.3, 0.4) is 0 Å². The fourth-order valence-electron chi connectivity index (χ4n) is 3.34. The standard InChI is InChI=1S/C28H26N2O3/c1-4-10-23-15-22(16-24(18-29)28(31)30-25-14-9-8-11-20(25)2)17-26(32-3)27(23)33-19-21-12-6-5-7-13-21/h4-9,11-17H,1,10,19H2,2-3H3,(H,30,31)/b24-16-. The van der Waals surface area contributed by atoms with Crippen LogP contribution in [-0.2, 0) is 17.8 Å². The van der Waals surface area contributed by atoms with Crippen LogP contribution in [-0.4, -0.2) is 13.0 Å². The number of aryl methyl sites for hydroxylation is 1. The van der Waals surface area contributed by atoms with Gasteiger partial charge in [0.2, 0.25) is 0 Å². The second-order valence-corrected chi connectivity index (χ2v) is 7.42. The summed E-state index contributed by atoms with van der Waals surface area (Å²) in [7, 11) is 1.56. The maximum atomic E-state index is 12.7. The van der Waals surface area contributed by atoms with Crippen LogP contribution in [0.25, 0.3) is 6.08 Å². The molecular weight excluding hydrogens is 412 g/mol. The van der Waals surface area contributed by atoms with Crippen molar-refractivity contribution in [3.8, 4) is 17.6 Å². The molecule has 5 heteroatoms. The minimum absolute atomic E-state index is 0.0113. The molecule has 1 N–H and O–H groups in total. The van der Waals surface area contributed by atoms with E-state index < -0.39 is 5.91 Å². The van der Waals surface area contributed by atoms with Gasteiger partial charge in [-0.2, -0.15) is 5.26 Å². The molecule has 0 saturated heterocycles. The SMILES string of the molecule is C=CCc1cc(/C=C(/C#N)C(=O)Nc2ccccc2C)cc(OC)c1OCc1ccccc1. The molecule has 0 aliphatic rings. The monoisotopic (exact) mass is 438 g/mol. The summed E-state index contributed by atoms with van der Waals surface area (Å²) in [4.78, 5) is 12.7. The average Bonchev–Trinajstić information content (AvgIpc) is 2.83. The Bertz CT molecular complexity index is 1210. The fourth-order valence-corrected chi connectivity index (χ4v) is 3.34. The van der Waals surface area contributed by atoms with Crippen LogP contribution in [0.5, 0.6) is 11.5 Å². The summed E-state index contributed by atoms with van der Waals surface area (Å²) in [6.07, 6.45) is 3.86. The first-order chi connectivity index (χ1) is 16.0. The molecule has 0 unspecified atom stereocenters. The highest BCUT2D eigenvalue weighted by Crippen LogP contribution is 2.35. The summed E-state index contributed by atoms with van der Waals surface area (Å²) >= 11 is 0. The summed E-state index contributed by atoms with van der Waals surface area (Å²) in [6.45, 7) is 6.12. The molecular formula is C28H26N2O3. The first kappa shape index (κ1) is 23.4. The Kier molecular flexibility index (Phi) is 8.04. The minimum atomic E-state index is -0.472. The lowest BCUT2D eigenvalue weighted by Gasteiger charge is -2.16. The van der Waals surface area contributed by atoms with Crippen molar-refractivity contribution in [2.45, 2.75) is 20.0 Å². The van der Waals surface area contributed by atoms with E-state index in [1.807, 2.05) is 67.6 Å². The van der Waals surface area contributed by atoms with E-state index in [0.29, 0.717) is 35.8 Å². The van der Waals surface area contributed by atoms with E-state index in [-0.39, 0.29) is 5.57 Å². The van der Waals surface area contributed by atoms with Gasteiger partial charge in [0.1, 0.15) is 18.2 Å². The number of rotatable bonds is 9. The van der Waals surface area contributed by atoms with Crippen molar-refractivity contribution in [2.75, 3.05) is 12.4 Å². The number of hydrogen-bond donors (Lipinski definition) is 1. The number of allylic oxidation sites excluding steroid dienone is 1. The number of para-hydroxylation sites is 1. The Labute approximate surface area is 194 Å². The molecule has 0 radical (unpaired) electrons. The quantitative estimate of drug-likeness (QED) is 0.258. The lowest BCUT2D eigenvalue weighted by atomic mass is 10.0. The molecule has 0 aliphatic carbocycles. The van der Waals surface area contributed by atoms with Gasteiger partial charge in [-0.05, 0) is 54.3 Å². The van der Waals surface area contributed by atoms with Crippen LogP contribution >= 0.6 is 0 Å². The number of anilines is 1. The molecule has 0 aliphatic heterocycles. The highest BCUT2D eigenvalue weighted by Gasteiger charge is 2.15. The summed E-state index contributed by atoms with van der Waals surface area (Å²) in [6, 6.07) is 22.9. The predicted octanol–water partition coefficient (Wildman–Crippen LogP) is 5.86. The fraction of sp³-hybridized carbons (Fsp3) is 0.143. The van der Waals surface area contributed by atoms with Gasteiger partial charge in [-0.3, -0.25) is 4.79 Å². The molecule has 5 nitrogen and oxygen atoms in total. The van der Waals surface area contributed by atoms with Crippen molar-refractivity contribution in [1.82, 2.24) is 0 Å². The Morgan fingerprint density at radius 3 is 2.52 bits per heavy atom. The van der Waals surface area contributed by atoms with E-state index in [9.17, 15) is 10.1 Å². The van der Waals surface area contributed by atoms with E-state index in [1.54, 1.807) is 31.4 Å². The number of carbonyl (C=O) groups excluding carboxylic acids is 1. The molecule has 0 atom stereocenters. The van der Waals surface area contributed by atoms with Gasteiger partial charge in [0, 0.05) is 11.3 Å². The Morgan fingerprint density at radius 2 is 1.85 bits per heavy atom. The third kappa shape index (κ3) is 6.11. The van der Waals surface area contributed by atoms with E-state index in [4.69, 9.17) is 9.47 Å². The van der Waals surface area contributed by atoms with Gasteiger partial charge in [0.25, 0.3) is 5.91 Å². The van der Waals surface area contributed by atoms with Crippen LogP contribution in [0.4, 0.5) is 5.69 Å². The van der Waals surface area contributed by atoms with Gasteiger partial charge in [0.05, 0.1) is 7.11 Å². The number of nitriles is 1. The zero-order chi connectivity index (χ0) is 23.6. The van der Waals surface area contributed by atoms with Gasteiger partial charge in [-0.15, -0.1) is 6.58 Å². The van der Waals surface area contributed by atoms with E-state index in [0.717, 1.165) is 16.7 Å². The summed E-state index contributed by atoms with van der Waals surface area (Å²) in [5, 5.41) is 12.4. The van der Waals surface area contributed by atoms with Crippen LogP contribution in [0.2, 0.25) is 0 Å². The van der Waals surface area contributed by atoms with E-state index in [2.05, 4.69) is 11.9 Å². The number of methoxy groups -OCH3 is 1. The van der Waals surface area contributed by atoms with Crippen molar-refractivity contribution in [3.05, 3.63) is 107 Å². The van der Waals surface area contributed by atoms with E-state index >= 15 is 0 Å². The second kappa shape index (κ2) is 11.4. The molecule has 0 aromatic heterocycles. The normalized spacial score (nSPS) is 10.8. The van der Waals surface area contributed by atoms with Crippen LogP contribution in [0.15, 0.2) is 85.0 Å². The Hall–Kier alpha value is -4.30. The highest BCUT2D eigenvalue weighted by atomic mass is 16.5. The zero-order valence-corrected chi connectivity index (χ0v) is 18.8. The smallest absolute Gasteiger partial charge is 0.266 e. The molecule has 0 heterocycles. The van der Waals surface area contributed by atoms with Crippen molar-refractivity contribution in [1.29, 1.82) is 5.26 Å². The first-order valence-corrected chi connectivity index (χ1v) is 10.5. The van der Waals surface area contributed by atoms with Gasteiger partial charge in [-0.25, -0.2) is 0 Å². The predicted molar refractivity (Wildman–Crippen MR) is 131 cm³/mol. The van der Waals surface area contributed by atoms with Crippen LogP contribution in [0.1, 0.15) is 22.3 Å². The molecule has 0 bridgehead atoms. The number of hydrogen-bond acceptors (Lipinski definition) is 4. The topological polar surface area (TPSA) is 71.4 Å². The maximum Gasteiger partial charge on any atom is 0.266 e. The van der Waals surface area contributed by atoms with Crippen molar-refractivity contribution in [3.63, 3.8) is 0 Å². The summed E-state index contributed by atoms with van der Waals surface area (Å²) in [5.41, 5.74) is 4.11. The Morgan fingerprint density at radius 1 is 1.12 bits per heavy atom. The number of ether oxygens (including phenoxy) is 2. The molecule has 166 valence electrons. The lowest BCUT2D eigenvalue weighted by Crippen LogP contribution is -2.14. The third-order valence-electron chi connectivity index (χ3n) is 5.03. The van der Waals surface area contributed by atoms with Gasteiger partial charge in [-0.1, -0.05) is 54.6 Å². The molecule has 0 saturated carbocycles. The molecule has 0 spiro atoms. The number of benzene rings is 3. The van der Waals surface area contributed by atoms with Gasteiger partial charge < -0.3 is 14.8 Å². The van der Waals surface area contributed by atoms with Crippen molar-refractivity contribution in [2.24, 2.45) is 0 Å². The molecule has 1 amide bonds. The maximum absolute atomic E-state index is 12.7. The highest BCUT2D eigenvalue weighted by molar-refractivity contribution is 6.10. The second-order valence-electron chi connectivity index (χ2n) is 7.42. The van der Waals surface area contributed by atoms with E-state index in [1.165, 1.54) is 0 Å². The first-order valence-electron chi connectivity index (χ1n) is 10.5. The number of amides is 1. The molecule has 33 heavy (non-hydrogen) atoms. The minimum Gasteiger partial charge on any atom is -0.493 e. The van der Waals surface area contributed by atoms with Crippen molar-refractivity contribution < 1.29 is 14.3 Å². The lowest BCUT2D eigenvalue weighted by molar-refractivity contribution is -0.112. The summed E-state index contributed by atoms with van der Waals surface area (Å²) < 4.78 is 11.7. The zero-order valence-electron chi connectivity index (χ0n) is 18.8. The number of nitrogens with zero attached hydrogens (tertiary/aromatic N) is 1. The third-order valence-corrected chi connectivity index (χ3v) is 5.03. The number of carbonyl (C=O) groups is 1. The largest absolute Gasteiger partial charge is 0.493 e. The van der Waals surface area contributed by atoms with Gasteiger partial charge in [0.15, 0.2) is 11.5 Å². The Balaban J connectivity index is 1.91. The van der Waals surface area contributed by atoms with Crippen LogP contribution in [0, 0.1) is 18.3 Å². The molecule has 3 aromatic rings. The average molecular weight is 439 g/mol.